The van der Waals surface area contributed by atoms with E-state index >= 15 is 0 Å². The summed E-state index contributed by atoms with van der Waals surface area (Å²) in [6.07, 6.45) is 0.942. The lowest BCUT2D eigenvalue weighted by atomic mass is 10.2. The summed E-state index contributed by atoms with van der Waals surface area (Å²) in [5, 5.41) is 5.02. The standard InChI is InChI=1S/C18H34N6O2S/c1-4-23(5-2)10-6-9-20-17-8-7-16(19)15-18(17)27(25,26)21-24-13-11-22(3)12-14-24/h7-8,15,20-21H,4-6,9-14,19H2,1-3H3. The summed E-state index contributed by atoms with van der Waals surface area (Å²) in [5.74, 6) is 0. The topological polar surface area (TPSA) is 93.9 Å². The minimum atomic E-state index is -3.69. The summed E-state index contributed by atoms with van der Waals surface area (Å²) in [6.45, 7) is 11.0. The number of hydrogen-bond donors (Lipinski definition) is 3. The van der Waals surface area contributed by atoms with E-state index < -0.39 is 10.0 Å². The van der Waals surface area contributed by atoms with Gasteiger partial charge < -0.3 is 20.9 Å². The Hall–Kier alpha value is -1.39. The molecular formula is C18H34N6O2S. The number of piperazine rings is 1. The summed E-state index contributed by atoms with van der Waals surface area (Å²) in [4.78, 5) is 7.42. The fourth-order valence-corrected chi connectivity index (χ4v) is 4.43. The first-order valence-electron chi connectivity index (χ1n) is 9.67. The maximum absolute atomic E-state index is 12.9. The van der Waals surface area contributed by atoms with Crippen LogP contribution in [0.5, 0.6) is 0 Å². The lowest BCUT2D eigenvalue weighted by molar-refractivity contribution is 0.135. The molecule has 1 heterocycles. The number of likely N-dealkylation sites (N-methyl/N-ethyl adjacent to an activating group) is 1. The lowest BCUT2D eigenvalue weighted by Crippen LogP contribution is -2.52. The minimum Gasteiger partial charge on any atom is -0.399 e. The van der Waals surface area contributed by atoms with E-state index in [2.05, 4.69) is 33.8 Å². The van der Waals surface area contributed by atoms with Gasteiger partial charge >= 0.3 is 0 Å². The van der Waals surface area contributed by atoms with Crippen LogP contribution in [0.4, 0.5) is 11.4 Å². The molecule has 0 unspecified atom stereocenters. The number of nitrogens with zero attached hydrogens (tertiary/aromatic N) is 3. The van der Waals surface area contributed by atoms with Crippen molar-refractivity contribution in [3.05, 3.63) is 18.2 Å². The molecule has 8 nitrogen and oxygen atoms in total. The van der Waals surface area contributed by atoms with Crippen LogP contribution >= 0.6 is 0 Å². The van der Waals surface area contributed by atoms with Crippen LogP contribution in [0.25, 0.3) is 0 Å². The third-order valence-electron chi connectivity index (χ3n) is 4.91. The van der Waals surface area contributed by atoms with Crippen LogP contribution in [0, 0.1) is 0 Å². The molecule has 9 heteroatoms. The highest BCUT2D eigenvalue weighted by Gasteiger charge is 2.24. The second-order valence-electron chi connectivity index (χ2n) is 6.95. The normalized spacial score (nSPS) is 16.7. The molecule has 0 aromatic heterocycles. The number of nitrogen functional groups attached to an aromatic ring is 1. The fourth-order valence-electron chi connectivity index (χ4n) is 3.09. The number of sulfonamides is 1. The van der Waals surface area contributed by atoms with Gasteiger partial charge in [-0.1, -0.05) is 13.8 Å². The monoisotopic (exact) mass is 398 g/mol. The third kappa shape index (κ3) is 6.62. The number of hydrogen-bond acceptors (Lipinski definition) is 7. The highest BCUT2D eigenvalue weighted by Crippen LogP contribution is 2.24. The maximum Gasteiger partial charge on any atom is 0.255 e. The number of hydrazine groups is 1. The van der Waals surface area contributed by atoms with E-state index in [4.69, 9.17) is 5.73 Å². The van der Waals surface area contributed by atoms with Crippen molar-refractivity contribution in [2.24, 2.45) is 0 Å². The summed E-state index contributed by atoms with van der Waals surface area (Å²) in [5.41, 5.74) is 6.88. The maximum atomic E-state index is 12.9. The van der Waals surface area contributed by atoms with Gasteiger partial charge in [-0.3, -0.25) is 0 Å². The second kappa shape index (κ2) is 10.2. The van der Waals surface area contributed by atoms with E-state index in [1.54, 1.807) is 17.1 Å². The van der Waals surface area contributed by atoms with Crippen molar-refractivity contribution in [1.29, 1.82) is 0 Å². The Bertz CT molecular complexity index is 685. The molecule has 1 aromatic rings. The van der Waals surface area contributed by atoms with Gasteiger partial charge in [-0.2, -0.15) is 0 Å². The summed E-state index contributed by atoms with van der Waals surface area (Å²) in [6, 6.07) is 4.98. The van der Waals surface area contributed by atoms with Gasteiger partial charge in [0.2, 0.25) is 0 Å². The molecule has 0 spiro atoms. The molecule has 0 saturated carbocycles. The van der Waals surface area contributed by atoms with Crippen molar-refractivity contribution in [3.8, 4) is 0 Å². The Morgan fingerprint density at radius 1 is 1.15 bits per heavy atom. The largest absolute Gasteiger partial charge is 0.399 e. The van der Waals surface area contributed by atoms with Crippen LogP contribution in [-0.4, -0.2) is 82.6 Å². The fraction of sp³-hybridized carbons (Fsp3) is 0.667. The first kappa shape index (κ1) is 21.9. The molecule has 1 saturated heterocycles. The zero-order chi connectivity index (χ0) is 19.9. The van der Waals surface area contributed by atoms with Gasteiger partial charge in [-0.15, -0.1) is 4.83 Å². The first-order chi connectivity index (χ1) is 12.9. The molecule has 0 amide bonds. The van der Waals surface area contributed by atoms with Crippen LogP contribution in [0.2, 0.25) is 0 Å². The molecule has 154 valence electrons. The molecule has 4 N–H and O–H groups in total. The molecule has 2 rings (SSSR count). The van der Waals surface area contributed by atoms with Gasteiger partial charge in [0.05, 0.1) is 5.69 Å². The molecule has 0 aliphatic carbocycles. The molecule has 0 bridgehead atoms. The SMILES string of the molecule is CCN(CC)CCCNc1ccc(N)cc1S(=O)(=O)NN1CCN(C)CC1. The second-order valence-corrected chi connectivity index (χ2v) is 8.58. The van der Waals surface area contributed by atoms with Crippen molar-refractivity contribution in [2.75, 3.05) is 70.5 Å². The number of nitrogens with two attached hydrogens (primary N) is 1. The van der Waals surface area contributed by atoms with Gasteiger partial charge in [-0.05, 0) is 51.3 Å². The van der Waals surface area contributed by atoms with Gasteiger partial charge in [0.25, 0.3) is 10.0 Å². The first-order valence-corrected chi connectivity index (χ1v) is 11.2. The highest BCUT2D eigenvalue weighted by molar-refractivity contribution is 7.89. The summed E-state index contributed by atoms with van der Waals surface area (Å²) in [7, 11) is -1.66. The molecule has 1 fully saturated rings. The average molecular weight is 399 g/mol. The Balaban J connectivity index is 2.03. The van der Waals surface area contributed by atoms with Crippen LogP contribution < -0.4 is 15.9 Å². The highest BCUT2D eigenvalue weighted by atomic mass is 32.2. The van der Waals surface area contributed by atoms with E-state index in [1.807, 2.05) is 7.05 Å². The molecule has 0 radical (unpaired) electrons. The zero-order valence-corrected chi connectivity index (χ0v) is 17.6. The van der Waals surface area contributed by atoms with Gasteiger partial charge in [0.15, 0.2) is 0 Å². The average Bonchev–Trinajstić information content (AvgIpc) is 2.64. The summed E-state index contributed by atoms with van der Waals surface area (Å²) >= 11 is 0. The lowest BCUT2D eigenvalue weighted by Gasteiger charge is -2.32. The van der Waals surface area contributed by atoms with Gasteiger partial charge in [0.1, 0.15) is 4.90 Å². The van der Waals surface area contributed by atoms with Gasteiger partial charge in [0, 0.05) is 38.4 Å². The van der Waals surface area contributed by atoms with Crippen molar-refractivity contribution in [2.45, 2.75) is 25.2 Å². The minimum absolute atomic E-state index is 0.198. The van der Waals surface area contributed by atoms with E-state index in [0.717, 1.165) is 39.1 Å². The Morgan fingerprint density at radius 3 is 2.44 bits per heavy atom. The van der Waals surface area contributed by atoms with E-state index in [9.17, 15) is 8.42 Å². The predicted octanol–water partition coefficient (Wildman–Crippen LogP) is 0.853. The van der Waals surface area contributed by atoms with Crippen LogP contribution in [0.3, 0.4) is 0 Å². The number of rotatable bonds is 10. The molecule has 0 atom stereocenters. The quantitative estimate of drug-likeness (QED) is 0.397. The molecule has 1 aliphatic heterocycles. The molecule has 1 aromatic carbocycles. The molecule has 27 heavy (non-hydrogen) atoms. The van der Waals surface area contributed by atoms with Crippen molar-refractivity contribution in [1.82, 2.24) is 19.6 Å². The predicted molar refractivity (Wildman–Crippen MR) is 111 cm³/mol. The number of nitrogens with one attached hydrogen (secondary N) is 2. The van der Waals surface area contributed by atoms with Crippen molar-refractivity contribution in [3.63, 3.8) is 0 Å². The van der Waals surface area contributed by atoms with Crippen molar-refractivity contribution >= 4 is 21.4 Å². The Kier molecular flexibility index (Phi) is 8.30. The summed E-state index contributed by atoms with van der Waals surface area (Å²) < 4.78 is 25.8. The van der Waals surface area contributed by atoms with Crippen LogP contribution in [-0.2, 0) is 10.0 Å². The molecular weight excluding hydrogens is 364 g/mol. The van der Waals surface area contributed by atoms with Crippen LogP contribution in [0.15, 0.2) is 23.1 Å². The van der Waals surface area contributed by atoms with Gasteiger partial charge in [-0.25, -0.2) is 13.4 Å². The van der Waals surface area contributed by atoms with Crippen molar-refractivity contribution < 1.29 is 8.42 Å². The van der Waals surface area contributed by atoms with E-state index in [0.29, 0.717) is 31.0 Å². The van der Waals surface area contributed by atoms with E-state index in [-0.39, 0.29) is 4.90 Å². The number of benzene rings is 1. The zero-order valence-electron chi connectivity index (χ0n) is 16.7. The smallest absolute Gasteiger partial charge is 0.255 e. The Morgan fingerprint density at radius 2 is 1.81 bits per heavy atom. The van der Waals surface area contributed by atoms with Crippen LogP contribution in [0.1, 0.15) is 20.3 Å². The molecule has 1 aliphatic rings. The third-order valence-corrected chi connectivity index (χ3v) is 6.32. The Labute approximate surface area is 163 Å². The number of anilines is 2. The van der Waals surface area contributed by atoms with E-state index in [1.165, 1.54) is 6.07 Å².